The molecular formula is C41H44N2O20. The molecule has 2 fully saturated rings. The summed E-state index contributed by atoms with van der Waals surface area (Å²) >= 11 is 0. The third-order valence-corrected chi connectivity index (χ3v) is 11.7. The van der Waals surface area contributed by atoms with E-state index in [1.165, 1.54) is 38.3 Å². The normalized spacial score (nSPS) is 30.0. The lowest BCUT2D eigenvalue weighted by Crippen LogP contribution is -2.60. The lowest BCUT2D eigenvalue weighted by atomic mass is 9.72. The summed E-state index contributed by atoms with van der Waals surface area (Å²) in [5, 5.41) is 100. The highest BCUT2D eigenvalue weighted by Gasteiger charge is 2.50. The van der Waals surface area contributed by atoms with Crippen LogP contribution in [0.3, 0.4) is 0 Å². The number of phenolic OH excluding ortho intramolecular Hbond substituents is 2. The molecular weight excluding hydrogens is 840 g/mol. The smallest absolute Gasteiger partial charge is 0.407 e. The van der Waals surface area contributed by atoms with E-state index in [-0.39, 0.29) is 40.0 Å². The second kappa shape index (κ2) is 17.4. The number of aromatic hydroxyl groups is 2. The number of carbonyl (C=O) groups excluding carboxylic acids is 4. The van der Waals surface area contributed by atoms with Gasteiger partial charge < -0.3 is 74.6 Å². The first-order valence-corrected chi connectivity index (χ1v) is 19.6. The van der Waals surface area contributed by atoms with Gasteiger partial charge >= 0.3 is 11.8 Å². The van der Waals surface area contributed by atoms with Crippen molar-refractivity contribution in [1.29, 1.82) is 0 Å². The van der Waals surface area contributed by atoms with Gasteiger partial charge in [0.25, 0.3) is 0 Å². The Labute approximate surface area is 356 Å². The number of carbonyl (C=O) groups is 4. The molecule has 7 rings (SSSR count). The minimum atomic E-state index is -2.20. The van der Waals surface area contributed by atoms with Crippen LogP contribution in [0.15, 0.2) is 36.4 Å². The maximum atomic E-state index is 14.0. The molecule has 0 saturated carbocycles. The topological polar surface area (TPSA) is 341 Å². The van der Waals surface area contributed by atoms with Crippen molar-refractivity contribution in [3.05, 3.63) is 85.5 Å². The van der Waals surface area contributed by atoms with Gasteiger partial charge in [-0.2, -0.15) is 0 Å². The molecule has 0 radical (unpaired) electrons. The summed E-state index contributed by atoms with van der Waals surface area (Å²) in [4.78, 5) is 64.7. The number of aliphatic hydroxyl groups excluding tert-OH is 5. The van der Waals surface area contributed by atoms with Crippen LogP contribution in [-0.2, 0) is 36.8 Å². The number of amides is 1. The number of rotatable bonds is 11. The molecule has 4 aliphatic rings. The summed E-state index contributed by atoms with van der Waals surface area (Å²) in [7, 11) is 1.28. The SMILES string of the molecule is COc1cccc2c1C(=O)c1c(O)c3c(c(O)c1C2=O)C[C@@](O)(C(C)=O)C[C@@H]3OC1C[C@H](NC(=O)OCc2ccc(O[C@@H]3O[C@H](CO)[C@H](O)[C@H](O)[C@H]3O)c([N+](=O)[O-])c2)[C@H](O)[C@H](C)O1. The van der Waals surface area contributed by atoms with Crippen molar-refractivity contribution in [2.24, 2.45) is 0 Å². The van der Waals surface area contributed by atoms with Gasteiger partial charge in [-0.3, -0.25) is 24.5 Å². The summed E-state index contributed by atoms with van der Waals surface area (Å²) in [5.74, 6) is -4.31. The maximum Gasteiger partial charge on any atom is 0.407 e. The lowest BCUT2D eigenvalue weighted by Gasteiger charge is -2.42. The van der Waals surface area contributed by atoms with Gasteiger partial charge in [-0.15, -0.1) is 0 Å². The zero-order chi connectivity index (χ0) is 45.8. The summed E-state index contributed by atoms with van der Waals surface area (Å²) in [5.41, 5.74) is -4.56. The lowest BCUT2D eigenvalue weighted by molar-refractivity contribution is -0.387. The average molecular weight is 885 g/mol. The number of methoxy groups -OCH3 is 1. The number of ketones is 3. The molecule has 1 amide bonds. The molecule has 11 atom stereocenters. The van der Waals surface area contributed by atoms with Crippen molar-refractivity contribution in [3.63, 3.8) is 0 Å². The quantitative estimate of drug-likeness (QED) is 0.0547. The number of ether oxygens (including phenoxy) is 6. The van der Waals surface area contributed by atoms with E-state index in [0.717, 1.165) is 19.1 Å². The van der Waals surface area contributed by atoms with Gasteiger partial charge in [0.05, 0.1) is 53.6 Å². The minimum Gasteiger partial charge on any atom is -0.507 e. The predicted molar refractivity (Wildman–Crippen MR) is 207 cm³/mol. The third-order valence-electron chi connectivity index (χ3n) is 11.7. The van der Waals surface area contributed by atoms with Crippen LogP contribution in [0.25, 0.3) is 0 Å². The molecule has 3 aromatic rings. The van der Waals surface area contributed by atoms with E-state index in [2.05, 4.69) is 5.32 Å². The molecule has 22 heteroatoms. The van der Waals surface area contributed by atoms with E-state index >= 15 is 0 Å². The van der Waals surface area contributed by atoms with Crippen molar-refractivity contribution in [1.82, 2.24) is 5.32 Å². The Morgan fingerprint density at radius 1 is 0.952 bits per heavy atom. The van der Waals surface area contributed by atoms with Gasteiger partial charge in [-0.25, -0.2) is 4.79 Å². The molecule has 9 N–H and O–H groups in total. The van der Waals surface area contributed by atoms with Crippen LogP contribution < -0.4 is 14.8 Å². The number of nitrogens with one attached hydrogen (secondary N) is 1. The number of nitro groups is 1. The summed E-state index contributed by atoms with van der Waals surface area (Å²) < 4.78 is 33.4. The number of nitrogens with zero attached hydrogens (tertiary/aromatic N) is 1. The second-order valence-electron chi connectivity index (χ2n) is 15.7. The van der Waals surface area contributed by atoms with E-state index in [1.54, 1.807) is 0 Å². The number of aliphatic hydroxyl groups is 6. The Hall–Kier alpha value is -5.82. The van der Waals surface area contributed by atoms with E-state index < -0.39 is 155 Å². The largest absolute Gasteiger partial charge is 0.507 e. The monoisotopic (exact) mass is 884 g/mol. The highest BCUT2D eigenvalue weighted by molar-refractivity contribution is 6.31. The van der Waals surface area contributed by atoms with Gasteiger partial charge in [0.15, 0.2) is 23.6 Å². The van der Waals surface area contributed by atoms with E-state index in [0.29, 0.717) is 0 Å². The molecule has 338 valence electrons. The number of hydrogen-bond acceptors (Lipinski definition) is 20. The van der Waals surface area contributed by atoms with Gasteiger partial charge in [-0.05, 0) is 31.5 Å². The van der Waals surface area contributed by atoms with Gasteiger partial charge in [0, 0.05) is 42.0 Å². The summed E-state index contributed by atoms with van der Waals surface area (Å²) in [6, 6.07) is 6.49. The molecule has 2 aliphatic carbocycles. The van der Waals surface area contributed by atoms with Crippen molar-refractivity contribution in [2.75, 3.05) is 13.7 Å². The standard InChI is InChI=1S/C41H44N2O20/c1-15-31(46)20(42-40(54)59-14-17-7-8-22(21(9-17)43(56)57)62-39-38(53)37(52)34(49)25(13-44)63-39)10-26(60-15)61-24-12-41(55,16(2)45)11-19-28(24)36(51)30-29(33(19)48)32(47)18-5-4-6-23(58-3)27(18)35(30)50/h4-9,15,20,24-26,31,34,37-39,44,46,48-49,51-53,55H,10-14H2,1-3H3,(H,42,54)/t15-,20-,24-,25+,26?,31+,34-,37-,38+,39+,41-/m0/s1. The molecule has 3 aromatic carbocycles. The van der Waals surface area contributed by atoms with Crippen LogP contribution in [0.1, 0.15) is 81.3 Å². The highest BCUT2D eigenvalue weighted by Crippen LogP contribution is 2.52. The minimum absolute atomic E-state index is 0.0334. The van der Waals surface area contributed by atoms with Crippen molar-refractivity contribution < 1.29 is 93.4 Å². The first kappa shape index (κ1) is 45.2. The van der Waals surface area contributed by atoms with Crippen LogP contribution in [0, 0.1) is 10.1 Å². The number of Topliss-reactive ketones (excluding diaryl/α,β-unsaturated/α-hetero) is 1. The summed E-state index contributed by atoms with van der Waals surface area (Å²) in [6.45, 7) is 1.23. The van der Waals surface area contributed by atoms with Crippen LogP contribution in [0.2, 0.25) is 0 Å². The number of nitro benzene ring substituents is 1. The van der Waals surface area contributed by atoms with E-state index in [1.807, 2.05) is 0 Å². The van der Waals surface area contributed by atoms with Crippen LogP contribution in [-0.4, -0.2) is 144 Å². The number of fused-ring (bicyclic) bond motifs is 3. The van der Waals surface area contributed by atoms with Gasteiger partial charge in [-0.1, -0.05) is 18.2 Å². The molecule has 22 nitrogen and oxygen atoms in total. The van der Waals surface area contributed by atoms with Gasteiger partial charge in [0.2, 0.25) is 12.1 Å². The maximum absolute atomic E-state index is 14.0. The number of phenols is 2. The number of hydrogen-bond donors (Lipinski definition) is 9. The molecule has 2 heterocycles. The predicted octanol–water partition coefficient (Wildman–Crippen LogP) is 0.0835. The van der Waals surface area contributed by atoms with Crippen molar-refractivity contribution in [3.8, 4) is 23.0 Å². The first-order valence-electron chi connectivity index (χ1n) is 19.6. The van der Waals surface area contributed by atoms with Gasteiger partial charge in [0.1, 0.15) is 60.0 Å². The highest BCUT2D eigenvalue weighted by atomic mass is 16.7. The zero-order valence-electron chi connectivity index (χ0n) is 33.7. The molecule has 63 heavy (non-hydrogen) atoms. The van der Waals surface area contributed by atoms with E-state index in [9.17, 15) is 70.1 Å². The molecule has 0 bridgehead atoms. The number of alkyl carbamates (subject to hydrolysis) is 1. The fraction of sp³-hybridized carbons (Fsp3) is 0.463. The fourth-order valence-corrected chi connectivity index (χ4v) is 8.29. The molecule has 1 unspecified atom stereocenters. The van der Waals surface area contributed by atoms with E-state index in [4.69, 9.17) is 28.4 Å². The van der Waals surface area contributed by atoms with Crippen molar-refractivity contribution in [2.45, 2.75) is 107 Å². The molecule has 0 spiro atoms. The van der Waals surface area contributed by atoms with Crippen LogP contribution in [0.5, 0.6) is 23.0 Å². The second-order valence-corrected chi connectivity index (χ2v) is 15.7. The average Bonchev–Trinajstić information content (AvgIpc) is 3.24. The Bertz CT molecular complexity index is 2350. The van der Waals surface area contributed by atoms with Crippen molar-refractivity contribution >= 4 is 29.1 Å². The Balaban J connectivity index is 1.08. The Kier molecular flexibility index (Phi) is 12.5. The number of benzene rings is 3. The molecule has 2 saturated heterocycles. The summed E-state index contributed by atoms with van der Waals surface area (Å²) in [6.07, 6.45) is -16.1. The third kappa shape index (κ3) is 8.16. The molecule has 0 aromatic heterocycles. The fourth-order valence-electron chi connectivity index (χ4n) is 8.29. The Morgan fingerprint density at radius 3 is 2.33 bits per heavy atom. The molecule has 2 aliphatic heterocycles. The Morgan fingerprint density at radius 2 is 1.67 bits per heavy atom. The zero-order valence-corrected chi connectivity index (χ0v) is 33.7. The van der Waals surface area contributed by atoms with Crippen LogP contribution >= 0.6 is 0 Å². The first-order chi connectivity index (χ1) is 29.8. The van der Waals surface area contributed by atoms with Crippen LogP contribution in [0.4, 0.5) is 10.5 Å².